The molecule has 0 bridgehead atoms. The average Bonchev–Trinajstić information content (AvgIpc) is 3.31. The van der Waals surface area contributed by atoms with E-state index in [2.05, 4.69) is 31.9 Å². The lowest BCUT2D eigenvalue weighted by molar-refractivity contribution is 0.0227. The van der Waals surface area contributed by atoms with Crippen LogP contribution >= 0.6 is 31.9 Å². The molecular weight excluding hydrogens is 868 g/mol. The number of benzene rings is 2. The van der Waals surface area contributed by atoms with E-state index < -0.39 is 53.5 Å². The number of aromatic hydroxyl groups is 1. The van der Waals surface area contributed by atoms with E-state index in [0.717, 1.165) is 8.95 Å². The number of aliphatic hydroxyl groups is 1. The van der Waals surface area contributed by atoms with Crippen molar-refractivity contribution in [2.75, 3.05) is 39.3 Å². The Morgan fingerprint density at radius 2 is 1.00 bits per heavy atom. The van der Waals surface area contributed by atoms with Crippen molar-refractivity contribution < 1.29 is 57.1 Å². The molecule has 17 heteroatoms. The van der Waals surface area contributed by atoms with Gasteiger partial charge in [-0.15, -0.1) is 0 Å². The van der Waals surface area contributed by atoms with Gasteiger partial charge in [0.2, 0.25) is 0 Å². The lowest BCUT2D eigenvalue weighted by atomic mass is 10.2. The molecule has 4 fully saturated rings. The molecule has 0 aromatic heterocycles. The van der Waals surface area contributed by atoms with Crippen molar-refractivity contribution in [3.63, 3.8) is 0 Å². The summed E-state index contributed by atoms with van der Waals surface area (Å²) in [4.78, 5) is 39.0. The highest BCUT2D eigenvalue weighted by Gasteiger charge is 2.49. The summed E-state index contributed by atoms with van der Waals surface area (Å²) in [6.45, 7) is 17.7. The van der Waals surface area contributed by atoms with E-state index in [0.29, 0.717) is 24.6 Å². The lowest BCUT2D eigenvalue weighted by Gasteiger charge is -2.24. The van der Waals surface area contributed by atoms with Crippen molar-refractivity contribution >= 4 is 50.1 Å². The summed E-state index contributed by atoms with van der Waals surface area (Å²) in [6, 6.07) is 14.0. The van der Waals surface area contributed by atoms with Crippen LogP contribution < -0.4 is 4.74 Å². The standard InChI is InChI=1S/C15H19BrFNO3.C9H16FNO3.C9H15NO3.C6H5BrO/c1-15(2,3)21-14(19)18-8-12(17)13(9-18)20-11-6-4-10(16)5-7-11;1-9(2,3)14-8(13)11-4-6(10)7(12)5-11;1-9(2,3)13-8(11)10-4-6-7(5-10)12-6;7-5-1-3-6(8)4-2-5/h4-7,12-13H,8-9H2,1-3H3;6-7,12H,4-5H2,1-3H3;6-7H,4-5H2,1-3H3;1-4,8H. The minimum absolute atomic E-state index is 0.00386. The number of aliphatic hydroxyl groups excluding tert-OH is 1. The van der Waals surface area contributed by atoms with Crippen molar-refractivity contribution in [1.82, 2.24) is 14.7 Å². The Kier molecular flexibility index (Phi) is 16.6. The van der Waals surface area contributed by atoms with Gasteiger partial charge in [0.25, 0.3) is 0 Å². The Balaban J connectivity index is 0.000000211. The van der Waals surface area contributed by atoms with Crippen LogP contribution in [0.3, 0.4) is 0 Å². The van der Waals surface area contributed by atoms with Gasteiger partial charge in [0.15, 0.2) is 6.17 Å². The van der Waals surface area contributed by atoms with Gasteiger partial charge in [-0.25, -0.2) is 23.2 Å². The molecule has 4 saturated heterocycles. The Morgan fingerprint density at radius 1 is 0.625 bits per heavy atom. The van der Waals surface area contributed by atoms with Crippen LogP contribution in [0.15, 0.2) is 57.5 Å². The Hall–Kier alpha value is -3.41. The van der Waals surface area contributed by atoms with E-state index in [1.807, 2.05) is 32.9 Å². The second kappa shape index (κ2) is 19.8. The minimum Gasteiger partial charge on any atom is -0.508 e. The van der Waals surface area contributed by atoms with E-state index >= 15 is 0 Å². The Bertz CT molecular complexity index is 1540. The fraction of sp³-hybridized carbons (Fsp3) is 0.615. The number of morpholine rings is 1. The van der Waals surface area contributed by atoms with Crippen LogP contribution in [0.1, 0.15) is 62.3 Å². The molecule has 2 N–H and O–H groups in total. The molecule has 4 aliphatic heterocycles. The van der Waals surface area contributed by atoms with Gasteiger partial charge in [-0.2, -0.15) is 0 Å². The Morgan fingerprint density at radius 3 is 1.38 bits per heavy atom. The maximum absolute atomic E-state index is 14.0. The summed E-state index contributed by atoms with van der Waals surface area (Å²) >= 11 is 6.56. The highest BCUT2D eigenvalue weighted by molar-refractivity contribution is 9.10. The number of likely N-dealkylation sites (tertiary alicyclic amines) is 3. The van der Waals surface area contributed by atoms with Crippen LogP contribution in [0.5, 0.6) is 11.5 Å². The molecule has 6 atom stereocenters. The largest absolute Gasteiger partial charge is 0.508 e. The number of amides is 3. The normalized spacial score (nSPS) is 23.9. The van der Waals surface area contributed by atoms with Gasteiger partial charge in [0.05, 0.1) is 39.3 Å². The molecule has 56 heavy (non-hydrogen) atoms. The lowest BCUT2D eigenvalue weighted by Crippen LogP contribution is -2.37. The summed E-state index contributed by atoms with van der Waals surface area (Å²) in [5.41, 5.74) is -1.57. The van der Waals surface area contributed by atoms with Gasteiger partial charge < -0.3 is 48.6 Å². The number of alkyl halides is 2. The van der Waals surface area contributed by atoms with E-state index in [9.17, 15) is 23.2 Å². The summed E-state index contributed by atoms with van der Waals surface area (Å²) in [6.07, 6.45) is -5.06. The number of hydrogen-bond donors (Lipinski definition) is 2. The van der Waals surface area contributed by atoms with E-state index in [4.69, 9.17) is 33.9 Å². The van der Waals surface area contributed by atoms with Crippen LogP contribution in [-0.2, 0) is 18.9 Å². The highest BCUT2D eigenvalue weighted by Crippen LogP contribution is 2.31. The molecule has 0 saturated carbocycles. The first-order valence-electron chi connectivity index (χ1n) is 18.2. The zero-order chi connectivity index (χ0) is 42.2. The Labute approximate surface area is 344 Å². The van der Waals surface area contributed by atoms with Crippen molar-refractivity contribution in [2.45, 2.75) is 116 Å². The van der Waals surface area contributed by atoms with Gasteiger partial charge in [-0.3, -0.25) is 0 Å². The third kappa shape index (κ3) is 17.0. The quantitative estimate of drug-likeness (QED) is 0.225. The molecule has 3 amide bonds. The monoisotopic (exact) mass is 921 g/mol. The van der Waals surface area contributed by atoms with Crippen molar-refractivity contribution in [3.05, 3.63) is 57.5 Å². The maximum atomic E-state index is 14.0. The molecule has 2 aromatic rings. The number of carbonyl (C=O) groups is 3. The summed E-state index contributed by atoms with van der Waals surface area (Å²) < 4.78 is 55.1. The fourth-order valence-corrected chi connectivity index (χ4v) is 5.69. The second-order valence-electron chi connectivity index (χ2n) is 16.6. The van der Waals surface area contributed by atoms with Crippen LogP contribution in [0.4, 0.5) is 23.2 Å². The van der Waals surface area contributed by atoms with Gasteiger partial charge in [0, 0.05) is 8.95 Å². The third-order valence-electron chi connectivity index (χ3n) is 7.79. The molecule has 4 heterocycles. The number of fused-ring (bicyclic) bond motifs is 1. The van der Waals surface area contributed by atoms with Gasteiger partial charge in [-0.1, -0.05) is 31.9 Å². The average molecular weight is 924 g/mol. The molecule has 4 aliphatic rings. The van der Waals surface area contributed by atoms with Crippen molar-refractivity contribution in [1.29, 1.82) is 0 Å². The van der Waals surface area contributed by atoms with Crippen molar-refractivity contribution in [3.8, 4) is 11.5 Å². The smallest absolute Gasteiger partial charge is 0.410 e. The number of phenolic OH excluding ortho intramolecular Hbond substituents is 1. The topological polar surface area (TPSA) is 151 Å². The zero-order valence-corrected chi connectivity index (χ0v) is 36.5. The van der Waals surface area contributed by atoms with Gasteiger partial charge in [-0.05, 0) is 111 Å². The SMILES string of the molecule is CC(C)(C)OC(=O)N1CC(F)C(Oc2ccc(Br)cc2)C1.CC(C)(C)OC(=O)N1CC(O)C(F)C1.CC(C)(C)OC(=O)N1CC2OC2C1.Oc1ccc(Br)cc1. The second-order valence-corrected chi connectivity index (χ2v) is 18.4. The summed E-state index contributed by atoms with van der Waals surface area (Å²) in [5.74, 6) is 0.880. The number of carbonyl (C=O) groups excluding carboxylic acids is 3. The van der Waals surface area contributed by atoms with Gasteiger partial charge >= 0.3 is 18.3 Å². The molecule has 0 radical (unpaired) electrons. The first-order chi connectivity index (χ1) is 25.8. The molecular formula is C39H55Br2F2N3O10. The number of nitrogens with zero attached hydrogens (tertiary/aromatic N) is 3. The van der Waals surface area contributed by atoms with Gasteiger partial charge in [0.1, 0.15) is 58.9 Å². The molecule has 314 valence electrons. The molecule has 0 aliphatic carbocycles. The number of epoxide rings is 1. The third-order valence-corrected chi connectivity index (χ3v) is 8.85. The number of halogens is 4. The summed E-state index contributed by atoms with van der Waals surface area (Å²) in [5, 5.41) is 17.8. The van der Waals surface area contributed by atoms with Crippen molar-refractivity contribution in [2.24, 2.45) is 0 Å². The first-order valence-corrected chi connectivity index (χ1v) is 19.8. The van der Waals surface area contributed by atoms with E-state index in [1.54, 1.807) is 82.8 Å². The number of β-amino-alcohol motifs (C(OH)–C–C–N with tert-alkyl or cyclic N) is 1. The predicted molar refractivity (Wildman–Crippen MR) is 212 cm³/mol. The van der Waals surface area contributed by atoms with E-state index in [-0.39, 0.29) is 44.5 Å². The number of hydrogen-bond acceptors (Lipinski definition) is 10. The van der Waals surface area contributed by atoms with Crippen LogP contribution in [0.25, 0.3) is 0 Å². The summed E-state index contributed by atoms with van der Waals surface area (Å²) in [7, 11) is 0. The molecule has 0 spiro atoms. The van der Waals surface area contributed by atoms with Crippen LogP contribution in [-0.4, -0.2) is 136 Å². The van der Waals surface area contributed by atoms with Crippen LogP contribution in [0.2, 0.25) is 0 Å². The fourth-order valence-electron chi connectivity index (χ4n) is 5.16. The first kappa shape index (κ1) is 47.0. The number of phenols is 1. The predicted octanol–water partition coefficient (Wildman–Crippen LogP) is 7.88. The molecule has 6 rings (SSSR count). The maximum Gasteiger partial charge on any atom is 0.410 e. The number of ether oxygens (including phenoxy) is 5. The molecule has 2 aromatic carbocycles. The zero-order valence-electron chi connectivity index (χ0n) is 33.3. The minimum atomic E-state index is -1.36. The number of rotatable bonds is 2. The van der Waals surface area contributed by atoms with E-state index in [1.165, 1.54) is 9.80 Å². The highest BCUT2D eigenvalue weighted by atomic mass is 79.9. The molecule has 13 nitrogen and oxygen atoms in total. The molecule has 6 unspecified atom stereocenters. The van der Waals surface area contributed by atoms with Crippen LogP contribution in [0, 0.1) is 0 Å².